The van der Waals surface area contributed by atoms with Crippen molar-refractivity contribution in [2.75, 3.05) is 40.5 Å². The third kappa shape index (κ3) is 52.2. The van der Waals surface area contributed by atoms with Gasteiger partial charge >= 0.3 is 11.9 Å². The van der Waals surface area contributed by atoms with Crippen molar-refractivity contribution in [3.05, 3.63) is 11.6 Å². The second-order valence-corrected chi connectivity index (χ2v) is 21.2. The van der Waals surface area contributed by atoms with Gasteiger partial charge in [0.1, 0.15) is 6.54 Å². The molecule has 0 aromatic heterocycles. The molecule has 0 aliphatic carbocycles. The van der Waals surface area contributed by atoms with Gasteiger partial charge in [-0.25, -0.2) is 0 Å². The summed E-state index contributed by atoms with van der Waals surface area (Å²) in [5.41, 5.74) is 1.78. The van der Waals surface area contributed by atoms with Crippen LogP contribution in [0.5, 0.6) is 0 Å². The Hall–Kier alpha value is -1.97. The summed E-state index contributed by atoms with van der Waals surface area (Å²) in [6, 6.07) is 0. The molecular weight excluding hydrogens is 863 g/mol. The highest BCUT2D eigenvalue weighted by Gasteiger charge is 2.31. The maximum Gasteiger partial charge on any atom is 0.303 e. The summed E-state index contributed by atoms with van der Waals surface area (Å²) in [6.07, 6.45) is 52.3. The number of allylic oxidation sites excluding steroid dienone is 2. The van der Waals surface area contributed by atoms with E-state index in [0.29, 0.717) is 18.4 Å². The summed E-state index contributed by atoms with van der Waals surface area (Å²) in [5.74, 6) is -0.210. The molecule has 0 spiro atoms. The third-order valence-corrected chi connectivity index (χ3v) is 14.3. The first-order chi connectivity index (χ1) is 33.5. The van der Waals surface area contributed by atoms with Crippen LogP contribution in [-0.4, -0.2) is 73.7 Å². The molecule has 0 bridgehead atoms. The van der Waals surface area contributed by atoms with E-state index < -0.39 is 17.9 Å². The van der Waals surface area contributed by atoms with Crippen LogP contribution in [0.1, 0.15) is 297 Å². The average molecular weight is 981 g/mol. The first-order valence-corrected chi connectivity index (χ1v) is 29.8. The van der Waals surface area contributed by atoms with E-state index in [4.69, 9.17) is 14.9 Å². The molecule has 410 valence electrons. The highest BCUT2D eigenvalue weighted by molar-refractivity contribution is 5.66. The van der Waals surface area contributed by atoms with Crippen LogP contribution >= 0.6 is 0 Å². The predicted molar refractivity (Wildman–Crippen MR) is 290 cm³/mol. The molecule has 0 aromatic carbocycles. The Labute approximate surface area is 427 Å². The van der Waals surface area contributed by atoms with Crippen molar-refractivity contribution in [3.63, 3.8) is 0 Å². The molecule has 3 unspecified atom stereocenters. The van der Waals surface area contributed by atoms with Crippen molar-refractivity contribution in [1.82, 2.24) is 0 Å². The molecule has 0 amide bonds. The molecule has 0 rings (SSSR count). The SMILES string of the molecule is CCCCCCCC/C(=C/CCCCCCCC(=O)O)C(CCCCCCCC)C(CCCCCCCC(=O)O)C(CCCCCCCC)CCCCCCCCC(=O)[O-].C[NH+](C)CCOCCO. The number of aliphatic hydroxyl groups is 1. The van der Waals surface area contributed by atoms with Crippen LogP contribution in [0.2, 0.25) is 0 Å². The average Bonchev–Trinajstić information content (AvgIpc) is 3.31. The highest BCUT2D eigenvalue weighted by Crippen LogP contribution is 2.42. The van der Waals surface area contributed by atoms with Gasteiger partial charge in [0.2, 0.25) is 0 Å². The van der Waals surface area contributed by atoms with E-state index in [1.807, 2.05) is 0 Å². The molecule has 0 heterocycles. The van der Waals surface area contributed by atoms with Gasteiger partial charge in [-0.2, -0.15) is 0 Å². The first kappa shape index (κ1) is 69.1. The minimum absolute atomic E-state index is 0.128. The monoisotopic (exact) mass is 980 g/mol. The van der Waals surface area contributed by atoms with Crippen molar-refractivity contribution < 1.29 is 44.4 Å². The summed E-state index contributed by atoms with van der Waals surface area (Å²) < 4.78 is 5.02. The Kier molecular flexibility index (Phi) is 55.4. The maximum absolute atomic E-state index is 11.2. The predicted octanol–water partition coefficient (Wildman–Crippen LogP) is 14.7. The lowest BCUT2D eigenvalue weighted by atomic mass is 9.68. The molecule has 9 heteroatoms. The van der Waals surface area contributed by atoms with Crippen LogP contribution in [-0.2, 0) is 19.1 Å². The van der Waals surface area contributed by atoms with Gasteiger partial charge < -0.3 is 34.9 Å². The number of rotatable bonds is 54. The van der Waals surface area contributed by atoms with E-state index in [9.17, 15) is 24.6 Å². The molecule has 0 aliphatic heterocycles. The molecular formula is C60H117NO8. The molecule has 0 saturated heterocycles. The molecule has 0 fully saturated rings. The highest BCUT2D eigenvalue weighted by atomic mass is 16.5. The van der Waals surface area contributed by atoms with Gasteiger partial charge in [0.15, 0.2) is 0 Å². The normalized spacial score (nSPS) is 13.1. The fourth-order valence-corrected chi connectivity index (χ4v) is 10.1. The van der Waals surface area contributed by atoms with Crippen molar-refractivity contribution >= 4 is 17.9 Å². The Balaban J connectivity index is 0. The topological polar surface area (TPSA) is 149 Å². The van der Waals surface area contributed by atoms with Crippen molar-refractivity contribution in [2.45, 2.75) is 297 Å². The van der Waals surface area contributed by atoms with Gasteiger partial charge in [-0.1, -0.05) is 231 Å². The molecule has 0 saturated carbocycles. The number of hydrogen-bond donors (Lipinski definition) is 4. The summed E-state index contributed by atoms with van der Waals surface area (Å²) in [5, 5.41) is 37.5. The quantitative estimate of drug-likeness (QED) is 0.0348. The summed E-state index contributed by atoms with van der Waals surface area (Å²) in [7, 11) is 4.14. The van der Waals surface area contributed by atoms with Gasteiger partial charge in [0.25, 0.3) is 0 Å². The number of likely N-dealkylation sites (N-methyl/N-ethyl adjacent to an activating group) is 1. The minimum atomic E-state index is -0.924. The lowest BCUT2D eigenvalue weighted by molar-refractivity contribution is -0.858. The number of aliphatic hydroxyl groups excluding tert-OH is 1. The Morgan fingerprint density at radius 3 is 1.28 bits per heavy atom. The first-order valence-electron chi connectivity index (χ1n) is 29.8. The van der Waals surface area contributed by atoms with Crippen molar-refractivity contribution in [2.24, 2.45) is 17.8 Å². The van der Waals surface area contributed by atoms with E-state index in [1.165, 1.54) is 198 Å². The van der Waals surface area contributed by atoms with Crippen LogP contribution in [0.25, 0.3) is 0 Å². The van der Waals surface area contributed by atoms with Gasteiger partial charge in [-0.3, -0.25) is 9.59 Å². The number of hydrogen-bond acceptors (Lipinski definition) is 6. The van der Waals surface area contributed by atoms with E-state index in [0.717, 1.165) is 83.3 Å². The van der Waals surface area contributed by atoms with Gasteiger partial charge in [0.05, 0.1) is 33.9 Å². The number of quaternary nitrogens is 1. The number of carboxylic acids is 3. The van der Waals surface area contributed by atoms with Crippen LogP contribution in [0.4, 0.5) is 0 Å². The largest absolute Gasteiger partial charge is 0.550 e. The van der Waals surface area contributed by atoms with E-state index in [1.54, 1.807) is 5.57 Å². The second-order valence-electron chi connectivity index (χ2n) is 21.2. The molecule has 0 radical (unpaired) electrons. The zero-order valence-electron chi connectivity index (χ0n) is 46.4. The van der Waals surface area contributed by atoms with Gasteiger partial charge in [-0.05, 0) is 82.0 Å². The number of carboxylic acid groups (broad SMARTS) is 3. The molecule has 9 nitrogen and oxygen atoms in total. The second kappa shape index (κ2) is 55.3. The van der Waals surface area contributed by atoms with Crippen LogP contribution < -0.4 is 10.0 Å². The fourth-order valence-electron chi connectivity index (χ4n) is 10.1. The van der Waals surface area contributed by atoms with Crippen LogP contribution in [0, 0.1) is 17.8 Å². The summed E-state index contributed by atoms with van der Waals surface area (Å²) >= 11 is 0. The number of aliphatic carboxylic acids is 3. The molecule has 3 atom stereocenters. The van der Waals surface area contributed by atoms with E-state index >= 15 is 0 Å². The lowest BCUT2D eigenvalue weighted by Crippen LogP contribution is -3.06. The van der Waals surface area contributed by atoms with E-state index in [-0.39, 0.29) is 25.9 Å². The fraction of sp³-hybridized carbons (Fsp3) is 0.917. The van der Waals surface area contributed by atoms with Crippen molar-refractivity contribution in [1.29, 1.82) is 0 Å². The number of nitrogens with one attached hydrogen (secondary N) is 1. The molecule has 4 N–H and O–H groups in total. The van der Waals surface area contributed by atoms with E-state index in [2.05, 4.69) is 40.9 Å². The number of unbranched alkanes of at least 4 members (excludes halogenated alkanes) is 29. The Morgan fingerprint density at radius 1 is 0.478 bits per heavy atom. The Bertz CT molecular complexity index is 1130. The zero-order valence-corrected chi connectivity index (χ0v) is 46.4. The Morgan fingerprint density at radius 2 is 0.855 bits per heavy atom. The lowest BCUT2D eigenvalue weighted by Gasteiger charge is -2.37. The summed E-state index contributed by atoms with van der Waals surface area (Å²) in [4.78, 5) is 34.5. The van der Waals surface area contributed by atoms with Gasteiger partial charge in [-0.15, -0.1) is 0 Å². The smallest absolute Gasteiger partial charge is 0.303 e. The molecule has 69 heavy (non-hydrogen) atoms. The van der Waals surface area contributed by atoms with Crippen LogP contribution in [0.15, 0.2) is 11.6 Å². The van der Waals surface area contributed by atoms with Gasteiger partial charge in [0, 0.05) is 18.8 Å². The molecule has 0 aliphatic rings. The third-order valence-electron chi connectivity index (χ3n) is 14.3. The number of carbonyl (C=O) groups is 3. The minimum Gasteiger partial charge on any atom is -0.550 e. The molecule has 0 aromatic rings. The number of carbonyl (C=O) groups excluding carboxylic acids is 1. The summed E-state index contributed by atoms with van der Waals surface area (Å²) in [6.45, 7) is 9.25. The standard InChI is InChI=1S/C54H102O6.C6H15NO2/c1-4-7-10-13-21-30-39-48(41-32-23-16-18-27-36-45-52(55)56)50(43-34-25-15-12-9-6-3)51(44-35-26-20-29-38-47-54(59)60)49(40-31-22-14-11-8-5-2)42-33-24-17-19-28-37-46-53(57)58;1-7(2)3-5-9-6-4-8/h41,49-51H,4-40,42-47H2,1-3H3,(H,55,56)(H,57,58)(H,59,60);8H,3-6H2,1-2H3/b48-41-;. The number of ether oxygens (including phenoxy) is 1. The van der Waals surface area contributed by atoms with Crippen LogP contribution in [0.3, 0.4) is 0 Å². The maximum atomic E-state index is 11.2. The zero-order chi connectivity index (χ0) is 51.3. The van der Waals surface area contributed by atoms with Crippen molar-refractivity contribution in [3.8, 4) is 0 Å².